The minimum atomic E-state index is -0.220. The van der Waals surface area contributed by atoms with Crippen molar-refractivity contribution in [1.29, 1.82) is 0 Å². The maximum atomic E-state index is 12.7. The van der Waals surface area contributed by atoms with Crippen LogP contribution in [0.1, 0.15) is 30.1 Å². The molecule has 3 heterocycles. The number of anilines is 1. The van der Waals surface area contributed by atoms with Gasteiger partial charge in [-0.1, -0.05) is 12.1 Å². The number of fused-ring (bicyclic) bond motifs is 5. The smallest absolute Gasteiger partial charge is 0.258 e. The first-order chi connectivity index (χ1) is 9.74. The molecule has 0 bridgehead atoms. The van der Waals surface area contributed by atoms with Crippen molar-refractivity contribution in [2.75, 3.05) is 18.0 Å². The monoisotopic (exact) mass is 271 g/mol. The van der Waals surface area contributed by atoms with E-state index in [0.29, 0.717) is 12.1 Å². The number of rotatable bonds is 1. The summed E-state index contributed by atoms with van der Waals surface area (Å²) in [5, 5.41) is 0. The number of amides is 2. The molecule has 5 heteroatoms. The van der Waals surface area contributed by atoms with Crippen molar-refractivity contribution in [2.45, 2.75) is 32.1 Å². The normalized spacial score (nSPS) is 28.6. The summed E-state index contributed by atoms with van der Waals surface area (Å²) in [5.74, 6) is 0.176. The fourth-order valence-electron chi connectivity index (χ4n) is 3.75. The minimum Gasteiger partial charge on any atom is -0.305 e. The molecule has 2 amide bonds. The molecule has 0 aromatic heterocycles. The second kappa shape index (κ2) is 4.06. The molecule has 2 atom stereocenters. The van der Waals surface area contributed by atoms with Crippen molar-refractivity contribution in [2.24, 2.45) is 0 Å². The first kappa shape index (κ1) is 11.9. The summed E-state index contributed by atoms with van der Waals surface area (Å²) in [5.41, 5.74) is 1.41. The highest BCUT2D eigenvalue weighted by Crippen LogP contribution is 2.40. The van der Waals surface area contributed by atoms with Gasteiger partial charge in [-0.05, 0) is 31.9 Å². The van der Waals surface area contributed by atoms with Gasteiger partial charge in [0.05, 0.1) is 17.3 Å². The fourth-order valence-corrected chi connectivity index (χ4v) is 3.75. The number of carbonyl (C=O) groups is 2. The largest absolute Gasteiger partial charge is 0.305 e. The van der Waals surface area contributed by atoms with E-state index in [2.05, 4.69) is 4.90 Å². The molecule has 1 aromatic rings. The Bertz CT molecular complexity index is 601. The Labute approximate surface area is 117 Å². The number of benzene rings is 1. The van der Waals surface area contributed by atoms with Crippen LogP contribution in [0.2, 0.25) is 0 Å². The highest BCUT2D eigenvalue weighted by Gasteiger charge is 2.54. The average Bonchev–Trinajstić information content (AvgIpc) is 3.04. The van der Waals surface area contributed by atoms with Crippen LogP contribution in [0.3, 0.4) is 0 Å². The van der Waals surface area contributed by atoms with Crippen LogP contribution >= 0.6 is 0 Å². The van der Waals surface area contributed by atoms with Crippen molar-refractivity contribution in [3.05, 3.63) is 29.8 Å². The lowest BCUT2D eigenvalue weighted by Crippen LogP contribution is -2.58. The van der Waals surface area contributed by atoms with Gasteiger partial charge in [0.15, 0.2) is 6.29 Å². The van der Waals surface area contributed by atoms with Crippen LogP contribution in [0.15, 0.2) is 24.3 Å². The van der Waals surface area contributed by atoms with E-state index in [1.54, 1.807) is 0 Å². The summed E-state index contributed by atoms with van der Waals surface area (Å²) < 4.78 is 0. The molecule has 0 saturated carbocycles. The molecule has 0 spiro atoms. The van der Waals surface area contributed by atoms with Crippen LogP contribution < -0.4 is 4.90 Å². The Morgan fingerprint density at radius 2 is 2.05 bits per heavy atom. The second-order valence-electron chi connectivity index (χ2n) is 5.56. The predicted molar refractivity (Wildman–Crippen MR) is 74.2 cm³/mol. The van der Waals surface area contributed by atoms with Gasteiger partial charge in [-0.2, -0.15) is 0 Å². The Kier molecular flexibility index (Phi) is 2.41. The summed E-state index contributed by atoms with van der Waals surface area (Å²) in [4.78, 5) is 31.2. The Balaban J connectivity index is 1.90. The molecule has 0 radical (unpaired) electrons. The van der Waals surface area contributed by atoms with Gasteiger partial charge in [0.25, 0.3) is 5.91 Å². The molecule has 3 aliphatic heterocycles. The standard InChI is InChI=1S/C15H17N3O2/c1-2-16-13(19)10-6-3-4-7-11(10)18-14(20)12-8-5-9-17(12)15(16)18/h3-4,6-7,12,15H,2,5,8-9H2,1H3/t12-,15+/m0/s1. The Morgan fingerprint density at radius 1 is 1.25 bits per heavy atom. The van der Waals surface area contributed by atoms with Crippen molar-refractivity contribution >= 4 is 17.5 Å². The molecule has 4 rings (SSSR count). The van der Waals surface area contributed by atoms with Gasteiger partial charge in [-0.15, -0.1) is 0 Å². The number of hydrogen-bond donors (Lipinski definition) is 0. The van der Waals surface area contributed by atoms with E-state index in [0.717, 1.165) is 25.1 Å². The van der Waals surface area contributed by atoms with Gasteiger partial charge < -0.3 is 4.90 Å². The van der Waals surface area contributed by atoms with Gasteiger partial charge in [0.1, 0.15) is 0 Å². The summed E-state index contributed by atoms with van der Waals surface area (Å²) in [6, 6.07) is 7.39. The van der Waals surface area contributed by atoms with Crippen molar-refractivity contribution in [3.8, 4) is 0 Å². The molecule has 0 unspecified atom stereocenters. The fraction of sp³-hybridized carbons (Fsp3) is 0.467. The SMILES string of the molecule is CCN1C(=O)c2ccccc2N2C(=O)[C@@H]3CCCN3[C@@H]12. The summed E-state index contributed by atoms with van der Waals surface area (Å²) >= 11 is 0. The van der Waals surface area contributed by atoms with E-state index in [1.165, 1.54) is 0 Å². The maximum Gasteiger partial charge on any atom is 0.258 e. The molecule has 1 aromatic carbocycles. The lowest BCUT2D eigenvalue weighted by molar-refractivity contribution is -0.119. The molecular weight excluding hydrogens is 254 g/mol. The van der Waals surface area contributed by atoms with Gasteiger partial charge in [-0.25, -0.2) is 0 Å². The molecule has 20 heavy (non-hydrogen) atoms. The van der Waals surface area contributed by atoms with Gasteiger partial charge in [0, 0.05) is 13.1 Å². The van der Waals surface area contributed by atoms with E-state index in [9.17, 15) is 9.59 Å². The first-order valence-corrected chi connectivity index (χ1v) is 7.23. The van der Waals surface area contributed by atoms with Crippen LogP contribution in [-0.2, 0) is 4.79 Å². The van der Waals surface area contributed by atoms with E-state index in [1.807, 2.05) is 41.0 Å². The highest BCUT2D eigenvalue weighted by molar-refractivity contribution is 6.10. The van der Waals surface area contributed by atoms with Crippen LogP contribution in [0.4, 0.5) is 5.69 Å². The Morgan fingerprint density at radius 3 is 2.85 bits per heavy atom. The van der Waals surface area contributed by atoms with Crippen molar-refractivity contribution in [1.82, 2.24) is 9.80 Å². The average molecular weight is 271 g/mol. The summed E-state index contributed by atoms with van der Waals surface area (Å²) in [7, 11) is 0. The van der Waals surface area contributed by atoms with Gasteiger partial charge in [0.2, 0.25) is 5.91 Å². The zero-order chi connectivity index (χ0) is 13.9. The third kappa shape index (κ3) is 1.31. The van der Waals surface area contributed by atoms with Gasteiger partial charge in [-0.3, -0.25) is 19.4 Å². The molecule has 2 saturated heterocycles. The topological polar surface area (TPSA) is 43.9 Å². The van der Waals surface area contributed by atoms with Crippen LogP contribution in [0.5, 0.6) is 0 Å². The number of para-hydroxylation sites is 1. The van der Waals surface area contributed by atoms with E-state index >= 15 is 0 Å². The maximum absolute atomic E-state index is 12.7. The molecular formula is C15H17N3O2. The third-order valence-corrected chi connectivity index (χ3v) is 4.62. The second-order valence-corrected chi connectivity index (χ2v) is 5.56. The quantitative estimate of drug-likeness (QED) is 0.772. The molecule has 0 N–H and O–H groups in total. The predicted octanol–water partition coefficient (Wildman–Crippen LogP) is 1.26. The Hall–Kier alpha value is -1.88. The third-order valence-electron chi connectivity index (χ3n) is 4.62. The first-order valence-electron chi connectivity index (χ1n) is 7.23. The van der Waals surface area contributed by atoms with E-state index in [4.69, 9.17) is 0 Å². The van der Waals surface area contributed by atoms with Crippen LogP contribution in [0, 0.1) is 0 Å². The zero-order valence-corrected chi connectivity index (χ0v) is 11.5. The molecule has 2 fully saturated rings. The number of nitrogens with zero attached hydrogens (tertiary/aromatic N) is 3. The number of hydrogen-bond acceptors (Lipinski definition) is 3. The molecule has 0 aliphatic carbocycles. The van der Waals surface area contributed by atoms with Crippen molar-refractivity contribution < 1.29 is 9.59 Å². The number of carbonyl (C=O) groups excluding carboxylic acids is 2. The minimum absolute atomic E-state index is 0.0321. The van der Waals surface area contributed by atoms with E-state index < -0.39 is 0 Å². The lowest BCUT2D eigenvalue weighted by Gasteiger charge is -2.42. The summed E-state index contributed by atoms with van der Waals surface area (Å²) in [6.45, 7) is 3.48. The molecule has 104 valence electrons. The van der Waals surface area contributed by atoms with Crippen LogP contribution in [-0.4, -0.2) is 47.0 Å². The molecule has 3 aliphatic rings. The lowest BCUT2D eigenvalue weighted by atomic mass is 10.1. The zero-order valence-electron chi connectivity index (χ0n) is 11.5. The highest BCUT2D eigenvalue weighted by atomic mass is 16.2. The van der Waals surface area contributed by atoms with E-state index in [-0.39, 0.29) is 24.1 Å². The van der Waals surface area contributed by atoms with Crippen molar-refractivity contribution in [3.63, 3.8) is 0 Å². The van der Waals surface area contributed by atoms with Gasteiger partial charge >= 0.3 is 0 Å². The molecule has 5 nitrogen and oxygen atoms in total. The van der Waals surface area contributed by atoms with Crippen LogP contribution in [0.25, 0.3) is 0 Å². The summed E-state index contributed by atoms with van der Waals surface area (Å²) in [6.07, 6.45) is 1.72.